The van der Waals surface area contributed by atoms with Crippen LogP contribution in [0.3, 0.4) is 0 Å². The van der Waals surface area contributed by atoms with Crippen LogP contribution in [-0.2, 0) is 11.3 Å². The molecule has 5 nitrogen and oxygen atoms in total. The van der Waals surface area contributed by atoms with Crippen molar-refractivity contribution in [3.8, 4) is 0 Å². The van der Waals surface area contributed by atoms with Gasteiger partial charge >= 0.3 is 6.09 Å². The van der Waals surface area contributed by atoms with Crippen molar-refractivity contribution in [2.45, 2.75) is 44.9 Å². The third kappa shape index (κ3) is 6.62. The van der Waals surface area contributed by atoms with Crippen LogP contribution < -0.4 is 0 Å². The molecule has 3 rings (SSSR count). The molecule has 0 radical (unpaired) electrons. The fourth-order valence-electron chi connectivity index (χ4n) is 3.01. The highest BCUT2D eigenvalue weighted by atomic mass is 19.1. The predicted octanol–water partition coefficient (Wildman–Crippen LogP) is 4.05. The highest BCUT2D eigenvalue weighted by Gasteiger charge is 2.30. The van der Waals surface area contributed by atoms with E-state index in [-0.39, 0.29) is 37.3 Å². The fraction of sp³-hybridized carbons (Fsp3) is 0.409. The van der Waals surface area contributed by atoms with Crippen molar-refractivity contribution in [1.29, 1.82) is 0 Å². The molecule has 2 aromatic carbocycles. The first-order valence-electron chi connectivity index (χ1n) is 9.53. The quantitative estimate of drug-likeness (QED) is 0.782. The Bertz CT molecular complexity index is 708. The van der Waals surface area contributed by atoms with Crippen LogP contribution in [-0.4, -0.2) is 40.5 Å². The maximum Gasteiger partial charge on any atom is 0.410 e. The molecular formula is C22H28FNO4. The summed E-state index contributed by atoms with van der Waals surface area (Å²) in [7, 11) is 0. The summed E-state index contributed by atoms with van der Waals surface area (Å²) in [5, 5.41) is 17.9. The van der Waals surface area contributed by atoms with Crippen molar-refractivity contribution < 1.29 is 24.1 Å². The van der Waals surface area contributed by atoms with Gasteiger partial charge in [-0.3, -0.25) is 0 Å². The maximum absolute atomic E-state index is 12.1. The van der Waals surface area contributed by atoms with E-state index in [4.69, 9.17) is 14.9 Å². The van der Waals surface area contributed by atoms with Gasteiger partial charge < -0.3 is 19.8 Å². The first-order valence-corrected chi connectivity index (χ1v) is 9.53. The van der Waals surface area contributed by atoms with E-state index in [2.05, 4.69) is 0 Å². The number of aliphatic hydroxyl groups excluding tert-OH is 2. The third-order valence-electron chi connectivity index (χ3n) is 4.72. The van der Waals surface area contributed by atoms with Gasteiger partial charge in [0.2, 0.25) is 0 Å². The number of amides is 1. The average Bonchev–Trinajstić information content (AvgIpc) is 2.73. The number of ether oxygens (including phenoxy) is 1. The SMILES string of the molecule is CC(c1ccc(CO)cc1)N1CCC(CCCO)OC1=O.Fc1ccccc1. The van der Waals surface area contributed by atoms with Gasteiger partial charge in [-0.25, -0.2) is 9.18 Å². The van der Waals surface area contributed by atoms with E-state index in [1.807, 2.05) is 31.2 Å². The summed E-state index contributed by atoms with van der Waals surface area (Å²) in [5.41, 5.74) is 1.88. The molecule has 1 amide bonds. The number of cyclic esters (lactones) is 1. The number of nitrogens with zero attached hydrogens (tertiary/aromatic N) is 1. The molecule has 1 heterocycles. The molecule has 2 aromatic rings. The molecule has 0 saturated carbocycles. The van der Waals surface area contributed by atoms with Gasteiger partial charge in [-0.2, -0.15) is 0 Å². The lowest BCUT2D eigenvalue weighted by molar-refractivity contribution is 0.00759. The van der Waals surface area contributed by atoms with Gasteiger partial charge in [0.15, 0.2) is 0 Å². The predicted molar refractivity (Wildman–Crippen MR) is 105 cm³/mol. The molecule has 28 heavy (non-hydrogen) atoms. The van der Waals surface area contributed by atoms with E-state index < -0.39 is 0 Å². The number of benzene rings is 2. The summed E-state index contributed by atoms with van der Waals surface area (Å²) < 4.78 is 17.3. The molecule has 2 atom stereocenters. The zero-order chi connectivity index (χ0) is 20.4. The van der Waals surface area contributed by atoms with E-state index in [1.165, 1.54) is 12.1 Å². The van der Waals surface area contributed by atoms with Gasteiger partial charge in [-0.15, -0.1) is 0 Å². The number of aliphatic hydroxyl groups is 2. The molecule has 2 unspecified atom stereocenters. The minimum atomic E-state index is -0.289. The molecule has 0 aliphatic carbocycles. The molecule has 2 N–H and O–H groups in total. The van der Waals surface area contributed by atoms with Crippen molar-refractivity contribution in [2.24, 2.45) is 0 Å². The molecule has 1 aliphatic rings. The van der Waals surface area contributed by atoms with E-state index in [0.717, 1.165) is 24.0 Å². The summed E-state index contributed by atoms with van der Waals surface area (Å²) in [5.74, 6) is -0.178. The summed E-state index contributed by atoms with van der Waals surface area (Å²) in [6.45, 7) is 2.79. The van der Waals surface area contributed by atoms with Crippen LogP contribution in [0.2, 0.25) is 0 Å². The van der Waals surface area contributed by atoms with E-state index >= 15 is 0 Å². The molecule has 6 heteroatoms. The normalized spacial score (nSPS) is 17.4. The average molecular weight is 389 g/mol. The van der Waals surface area contributed by atoms with Crippen LogP contribution in [0, 0.1) is 5.82 Å². The number of carbonyl (C=O) groups excluding carboxylic acids is 1. The Morgan fingerprint density at radius 3 is 2.32 bits per heavy atom. The van der Waals surface area contributed by atoms with Gasteiger partial charge in [0.1, 0.15) is 11.9 Å². The molecule has 0 spiro atoms. The second-order valence-electron chi connectivity index (χ2n) is 6.72. The van der Waals surface area contributed by atoms with E-state index in [9.17, 15) is 9.18 Å². The topological polar surface area (TPSA) is 70.0 Å². The lowest BCUT2D eigenvalue weighted by Crippen LogP contribution is -2.43. The number of hydrogen-bond donors (Lipinski definition) is 2. The highest BCUT2D eigenvalue weighted by Crippen LogP contribution is 2.26. The second-order valence-corrected chi connectivity index (χ2v) is 6.72. The lowest BCUT2D eigenvalue weighted by Gasteiger charge is -2.35. The summed E-state index contributed by atoms with van der Waals surface area (Å²) in [6, 6.07) is 15.5. The van der Waals surface area contributed by atoms with Crippen molar-refractivity contribution in [3.05, 3.63) is 71.5 Å². The van der Waals surface area contributed by atoms with Crippen LogP contribution in [0.5, 0.6) is 0 Å². The van der Waals surface area contributed by atoms with Gasteiger partial charge in [0, 0.05) is 19.6 Å². The standard InChI is InChI=1S/C16H23NO4.C6H5F/c1-12(14-6-4-13(11-19)5-7-14)17-9-8-15(3-2-10-18)21-16(17)20;7-6-4-2-1-3-5-6/h4-7,12,15,18-19H,2-3,8-11H2,1H3;1-5H. The Kier molecular flexibility index (Phi) is 8.91. The van der Waals surface area contributed by atoms with Crippen molar-refractivity contribution >= 4 is 6.09 Å². The number of carbonyl (C=O) groups is 1. The van der Waals surface area contributed by atoms with Crippen molar-refractivity contribution in [2.75, 3.05) is 13.2 Å². The Labute approximate surface area is 165 Å². The summed E-state index contributed by atoms with van der Waals surface area (Å²) >= 11 is 0. The lowest BCUT2D eigenvalue weighted by atomic mass is 10.0. The van der Waals surface area contributed by atoms with Gasteiger partial charge in [0.05, 0.1) is 12.6 Å². The minimum Gasteiger partial charge on any atom is -0.446 e. The highest BCUT2D eigenvalue weighted by molar-refractivity contribution is 5.69. The Morgan fingerprint density at radius 1 is 1.14 bits per heavy atom. The van der Waals surface area contributed by atoms with E-state index in [1.54, 1.807) is 23.1 Å². The molecule has 0 bridgehead atoms. The van der Waals surface area contributed by atoms with Gasteiger partial charge in [0.25, 0.3) is 0 Å². The molecule has 1 saturated heterocycles. The van der Waals surface area contributed by atoms with Crippen LogP contribution in [0.25, 0.3) is 0 Å². The van der Waals surface area contributed by atoms with Gasteiger partial charge in [-0.05, 0) is 43.0 Å². The smallest absolute Gasteiger partial charge is 0.410 e. The second kappa shape index (κ2) is 11.4. The van der Waals surface area contributed by atoms with Crippen LogP contribution in [0.1, 0.15) is 43.4 Å². The van der Waals surface area contributed by atoms with Crippen LogP contribution in [0.4, 0.5) is 9.18 Å². The molecule has 0 aromatic heterocycles. The van der Waals surface area contributed by atoms with Gasteiger partial charge in [-0.1, -0.05) is 42.5 Å². The molecule has 1 aliphatic heterocycles. The number of halogens is 1. The van der Waals surface area contributed by atoms with E-state index in [0.29, 0.717) is 13.0 Å². The molecule has 1 fully saturated rings. The van der Waals surface area contributed by atoms with Crippen molar-refractivity contribution in [1.82, 2.24) is 4.90 Å². The number of rotatable bonds is 6. The maximum atomic E-state index is 12.1. The van der Waals surface area contributed by atoms with Crippen LogP contribution in [0.15, 0.2) is 54.6 Å². The van der Waals surface area contributed by atoms with Crippen LogP contribution >= 0.6 is 0 Å². The third-order valence-corrected chi connectivity index (χ3v) is 4.72. The van der Waals surface area contributed by atoms with Crippen molar-refractivity contribution in [3.63, 3.8) is 0 Å². The summed E-state index contributed by atoms with van der Waals surface area (Å²) in [6.07, 6.45) is 1.81. The fourth-order valence-corrected chi connectivity index (χ4v) is 3.01. The Balaban J connectivity index is 0.000000336. The summed E-state index contributed by atoms with van der Waals surface area (Å²) in [4.78, 5) is 13.8. The largest absolute Gasteiger partial charge is 0.446 e. The zero-order valence-corrected chi connectivity index (χ0v) is 16.1. The Morgan fingerprint density at radius 2 is 1.82 bits per heavy atom. The molecule has 152 valence electrons. The first kappa shape index (κ1) is 21.9. The Hall–Kier alpha value is -2.44. The monoisotopic (exact) mass is 389 g/mol. The minimum absolute atomic E-state index is 0.0208. The first-order chi connectivity index (χ1) is 13.5. The number of hydrogen-bond acceptors (Lipinski definition) is 4. The molecular weight excluding hydrogens is 361 g/mol. The zero-order valence-electron chi connectivity index (χ0n) is 16.1.